The number of esters is 1. The highest BCUT2D eigenvalue weighted by atomic mass is 16.6. The fraction of sp³-hybridized carbons (Fsp3) is 0.167. The van der Waals surface area contributed by atoms with Gasteiger partial charge in [-0.15, -0.1) is 0 Å². The molecule has 0 atom stereocenters. The molecule has 7 nitrogen and oxygen atoms in total. The van der Waals surface area contributed by atoms with Crippen molar-refractivity contribution < 1.29 is 19.2 Å². The number of ketones is 1. The summed E-state index contributed by atoms with van der Waals surface area (Å²) in [5.74, 6) is -1.80. The number of nitrogens with zero attached hydrogens (tertiary/aromatic N) is 1. The van der Waals surface area contributed by atoms with Crippen molar-refractivity contribution in [1.29, 1.82) is 0 Å². The third kappa shape index (κ3) is 2.17. The van der Waals surface area contributed by atoms with E-state index in [2.05, 4.69) is 9.72 Å². The summed E-state index contributed by atoms with van der Waals surface area (Å²) in [6, 6.07) is 4.30. The molecule has 98 valence electrons. The monoisotopic (exact) mass is 262 g/mol. The van der Waals surface area contributed by atoms with Crippen molar-refractivity contribution in [3.05, 3.63) is 40.1 Å². The number of Topliss-reactive ketones (excluding diaryl/α,β-unsaturated/α-hetero) is 1. The topological polar surface area (TPSA) is 102 Å². The van der Waals surface area contributed by atoms with E-state index in [1.807, 2.05) is 0 Å². The molecule has 0 saturated heterocycles. The highest BCUT2D eigenvalue weighted by Crippen LogP contribution is 2.27. The maximum atomic E-state index is 11.8. The number of ether oxygens (including phenoxy) is 1. The Labute approximate surface area is 107 Å². The number of fused-ring (bicyclic) bond motifs is 1. The molecule has 19 heavy (non-hydrogen) atoms. The molecule has 1 heterocycles. The summed E-state index contributed by atoms with van der Waals surface area (Å²) in [6.07, 6.45) is 1.27. The van der Waals surface area contributed by atoms with Gasteiger partial charge in [0, 0.05) is 17.6 Å². The first-order valence-electron chi connectivity index (χ1n) is 5.52. The second-order valence-electron chi connectivity index (χ2n) is 3.71. The molecular weight excluding hydrogens is 252 g/mol. The lowest BCUT2D eigenvalue weighted by Crippen LogP contribution is -2.17. The number of para-hydroxylation sites is 1. The Morgan fingerprint density at radius 3 is 2.79 bits per heavy atom. The lowest BCUT2D eigenvalue weighted by atomic mass is 10.1. The van der Waals surface area contributed by atoms with Crippen LogP contribution in [0.2, 0.25) is 0 Å². The summed E-state index contributed by atoms with van der Waals surface area (Å²) in [5.41, 5.74) is 0.123. The van der Waals surface area contributed by atoms with E-state index in [1.54, 1.807) is 6.92 Å². The van der Waals surface area contributed by atoms with E-state index in [0.717, 1.165) is 0 Å². The summed E-state index contributed by atoms with van der Waals surface area (Å²) in [5, 5.41) is 11.2. The lowest BCUT2D eigenvalue weighted by Gasteiger charge is -1.99. The van der Waals surface area contributed by atoms with Gasteiger partial charge in [0.1, 0.15) is 5.52 Å². The van der Waals surface area contributed by atoms with Gasteiger partial charge in [0.2, 0.25) is 0 Å². The van der Waals surface area contributed by atoms with Gasteiger partial charge in [-0.3, -0.25) is 14.9 Å². The fourth-order valence-corrected chi connectivity index (χ4v) is 1.78. The Balaban J connectivity index is 2.52. The normalized spacial score (nSPS) is 10.4. The highest BCUT2D eigenvalue weighted by molar-refractivity contribution is 6.43. The van der Waals surface area contributed by atoms with Crippen LogP contribution in [0.15, 0.2) is 24.4 Å². The number of non-ortho nitro benzene ring substituents is 1. The molecule has 0 aliphatic rings. The van der Waals surface area contributed by atoms with Gasteiger partial charge in [-0.2, -0.15) is 0 Å². The summed E-state index contributed by atoms with van der Waals surface area (Å²) in [6.45, 7) is 1.68. The fourth-order valence-electron chi connectivity index (χ4n) is 1.78. The summed E-state index contributed by atoms with van der Waals surface area (Å²) in [4.78, 5) is 36.1. The predicted octanol–water partition coefficient (Wildman–Crippen LogP) is 1.82. The number of carbonyl (C=O) groups excluding carboxylic acids is 2. The van der Waals surface area contributed by atoms with E-state index in [0.29, 0.717) is 5.39 Å². The molecule has 1 N–H and O–H groups in total. The van der Waals surface area contributed by atoms with Crippen molar-refractivity contribution in [3.63, 3.8) is 0 Å². The standard InChI is InChI=1S/C12H10N2O5/c1-2-19-12(16)11(15)8-6-13-10-7(8)4-3-5-9(10)14(17)18/h3-6,13H,2H2,1H3. The van der Waals surface area contributed by atoms with Crippen LogP contribution < -0.4 is 0 Å². The first-order chi connectivity index (χ1) is 9.06. The Kier molecular flexibility index (Phi) is 3.28. The zero-order valence-corrected chi connectivity index (χ0v) is 10.0. The number of hydrogen-bond donors (Lipinski definition) is 1. The van der Waals surface area contributed by atoms with Gasteiger partial charge >= 0.3 is 5.97 Å². The van der Waals surface area contributed by atoms with Gasteiger partial charge in [-0.25, -0.2) is 4.79 Å². The molecular formula is C12H10N2O5. The molecule has 0 saturated carbocycles. The molecule has 0 spiro atoms. The molecule has 0 aliphatic heterocycles. The number of hydrogen-bond acceptors (Lipinski definition) is 5. The van der Waals surface area contributed by atoms with Crippen molar-refractivity contribution in [2.45, 2.75) is 6.92 Å². The molecule has 7 heteroatoms. The maximum Gasteiger partial charge on any atom is 0.379 e. The van der Waals surface area contributed by atoms with Gasteiger partial charge in [-0.1, -0.05) is 12.1 Å². The second-order valence-corrected chi connectivity index (χ2v) is 3.71. The third-order valence-electron chi connectivity index (χ3n) is 2.60. The van der Waals surface area contributed by atoms with Gasteiger partial charge in [0.05, 0.1) is 17.1 Å². The molecule has 1 aromatic heterocycles. The molecule has 2 rings (SSSR count). The molecule has 0 amide bonds. The van der Waals surface area contributed by atoms with Crippen molar-refractivity contribution in [1.82, 2.24) is 4.98 Å². The van der Waals surface area contributed by atoms with E-state index in [4.69, 9.17) is 0 Å². The average molecular weight is 262 g/mol. The smallest absolute Gasteiger partial charge is 0.379 e. The van der Waals surface area contributed by atoms with Crippen LogP contribution in [0.25, 0.3) is 10.9 Å². The highest BCUT2D eigenvalue weighted by Gasteiger charge is 2.23. The lowest BCUT2D eigenvalue weighted by molar-refractivity contribution is -0.383. The van der Waals surface area contributed by atoms with Crippen LogP contribution in [0.1, 0.15) is 17.3 Å². The van der Waals surface area contributed by atoms with Crippen LogP contribution in [0.5, 0.6) is 0 Å². The average Bonchev–Trinajstić information content (AvgIpc) is 2.81. The minimum Gasteiger partial charge on any atom is -0.460 e. The predicted molar refractivity (Wildman–Crippen MR) is 65.9 cm³/mol. The third-order valence-corrected chi connectivity index (χ3v) is 2.60. The van der Waals surface area contributed by atoms with Crippen LogP contribution in [0.3, 0.4) is 0 Å². The number of aromatic amines is 1. The molecule has 0 fully saturated rings. The number of nitro groups is 1. The molecule has 1 aromatic carbocycles. The van der Waals surface area contributed by atoms with Crippen LogP contribution in [-0.4, -0.2) is 28.3 Å². The summed E-state index contributed by atoms with van der Waals surface area (Å²) in [7, 11) is 0. The number of carbonyl (C=O) groups is 2. The zero-order chi connectivity index (χ0) is 14.0. The van der Waals surface area contributed by atoms with E-state index in [9.17, 15) is 19.7 Å². The van der Waals surface area contributed by atoms with Gasteiger partial charge in [0.25, 0.3) is 11.5 Å². The van der Waals surface area contributed by atoms with Crippen LogP contribution in [0.4, 0.5) is 5.69 Å². The molecule has 0 aliphatic carbocycles. The number of nitrogens with one attached hydrogen (secondary N) is 1. The number of benzene rings is 1. The van der Waals surface area contributed by atoms with Crippen LogP contribution >= 0.6 is 0 Å². The Morgan fingerprint density at radius 2 is 2.16 bits per heavy atom. The Bertz CT molecular complexity index is 674. The SMILES string of the molecule is CCOC(=O)C(=O)c1c[nH]c2c([N+](=O)[O-])cccc12. The Hall–Kier alpha value is -2.70. The van der Waals surface area contributed by atoms with Crippen LogP contribution in [0, 0.1) is 10.1 Å². The molecule has 0 unspecified atom stereocenters. The van der Waals surface area contributed by atoms with Gasteiger partial charge in [-0.05, 0) is 6.92 Å². The van der Waals surface area contributed by atoms with Gasteiger partial charge in [0.15, 0.2) is 0 Å². The van der Waals surface area contributed by atoms with Crippen molar-refractivity contribution in [2.75, 3.05) is 6.61 Å². The van der Waals surface area contributed by atoms with E-state index in [1.165, 1.54) is 24.4 Å². The van der Waals surface area contributed by atoms with Crippen molar-refractivity contribution in [3.8, 4) is 0 Å². The largest absolute Gasteiger partial charge is 0.460 e. The summed E-state index contributed by atoms with van der Waals surface area (Å²) >= 11 is 0. The van der Waals surface area contributed by atoms with E-state index in [-0.39, 0.29) is 23.4 Å². The molecule has 0 radical (unpaired) electrons. The van der Waals surface area contributed by atoms with Crippen LogP contribution in [-0.2, 0) is 9.53 Å². The summed E-state index contributed by atoms with van der Waals surface area (Å²) < 4.78 is 4.62. The maximum absolute atomic E-state index is 11.8. The quantitative estimate of drug-likeness (QED) is 0.297. The molecule has 2 aromatic rings. The minimum absolute atomic E-state index is 0.0668. The Morgan fingerprint density at radius 1 is 1.42 bits per heavy atom. The zero-order valence-electron chi connectivity index (χ0n) is 10.0. The minimum atomic E-state index is -0.977. The first-order valence-corrected chi connectivity index (χ1v) is 5.52. The number of nitro benzene ring substituents is 1. The molecule has 0 bridgehead atoms. The number of aromatic nitrogens is 1. The number of H-pyrrole nitrogens is 1. The number of rotatable bonds is 4. The first kappa shape index (κ1) is 12.7. The second kappa shape index (κ2) is 4.89. The van der Waals surface area contributed by atoms with Crippen molar-refractivity contribution >= 4 is 28.3 Å². The van der Waals surface area contributed by atoms with Gasteiger partial charge < -0.3 is 9.72 Å². The van der Waals surface area contributed by atoms with Crippen molar-refractivity contribution in [2.24, 2.45) is 0 Å². The van der Waals surface area contributed by atoms with E-state index < -0.39 is 16.7 Å². The van der Waals surface area contributed by atoms with E-state index >= 15 is 0 Å².